The van der Waals surface area contributed by atoms with Crippen LogP contribution in [0.3, 0.4) is 0 Å². The number of ether oxygens (including phenoxy) is 1. The first-order chi connectivity index (χ1) is 9.70. The summed E-state index contributed by atoms with van der Waals surface area (Å²) in [5.74, 6) is -0.384. The summed E-state index contributed by atoms with van der Waals surface area (Å²) in [5.41, 5.74) is 1.52. The van der Waals surface area contributed by atoms with Crippen LogP contribution < -0.4 is 5.43 Å². The molecule has 0 amide bonds. The molecule has 2 aromatic carbocycles. The summed E-state index contributed by atoms with van der Waals surface area (Å²) in [7, 11) is 1.32. The van der Waals surface area contributed by atoms with E-state index in [0.717, 1.165) is 0 Å². The molecule has 3 rings (SSSR count). The van der Waals surface area contributed by atoms with Gasteiger partial charge in [0.2, 0.25) is 5.43 Å². The summed E-state index contributed by atoms with van der Waals surface area (Å²) in [4.78, 5) is 24.0. The van der Waals surface area contributed by atoms with E-state index in [1.54, 1.807) is 36.4 Å². The lowest BCUT2D eigenvalue weighted by Crippen LogP contribution is -2.10. The second-order valence-electron chi connectivity index (χ2n) is 4.47. The van der Waals surface area contributed by atoms with Crippen LogP contribution >= 0.6 is 0 Å². The summed E-state index contributed by atoms with van der Waals surface area (Å²) in [5, 5.41) is 0.953. The standard InChI is InChI=1S/C16H12O4/c1-19-14(17)9-10-5-4-8-13-15(10)16(18)11-6-2-3-7-12(11)20-13/h2-8H,9H2,1H3. The minimum absolute atomic E-state index is 0.0525. The van der Waals surface area contributed by atoms with E-state index in [0.29, 0.717) is 27.5 Å². The highest BCUT2D eigenvalue weighted by molar-refractivity contribution is 5.93. The van der Waals surface area contributed by atoms with Crippen molar-refractivity contribution in [3.8, 4) is 0 Å². The number of para-hydroxylation sites is 1. The minimum atomic E-state index is -0.384. The zero-order valence-corrected chi connectivity index (χ0v) is 10.9. The van der Waals surface area contributed by atoms with Crippen LogP contribution in [0.25, 0.3) is 21.9 Å². The number of fused-ring (bicyclic) bond motifs is 2. The molecule has 0 spiro atoms. The van der Waals surface area contributed by atoms with Crippen LogP contribution in [0.2, 0.25) is 0 Å². The molecule has 4 heteroatoms. The Morgan fingerprint density at radius 1 is 1.10 bits per heavy atom. The van der Waals surface area contributed by atoms with Gasteiger partial charge in [-0.3, -0.25) is 9.59 Å². The Morgan fingerprint density at radius 3 is 2.65 bits per heavy atom. The second-order valence-corrected chi connectivity index (χ2v) is 4.47. The molecule has 20 heavy (non-hydrogen) atoms. The van der Waals surface area contributed by atoms with Gasteiger partial charge >= 0.3 is 5.97 Å². The molecule has 1 heterocycles. The fourth-order valence-corrected chi connectivity index (χ4v) is 2.29. The lowest BCUT2D eigenvalue weighted by atomic mass is 10.0. The van der Waals surface area contributed by atoms with Crippen molar-refractivity contribution in [3.63, 3.8) is 0 Å². The largest absolute Gasteiger partial charge is 0.469 e. The van der Waals surface area contributed by atoms with E-state index in [9.17, 15) is 9.59 Å². The highest BCUT2D eigenvalue weighted by Gasteiger charge is 2.13. The number of methoxy groups -OCH3 is 1. The van der Waals surface area contributed by atoms with Crippen LogP contribution in [0.1, 0.15) is 5.56 Å². The lowest BCUT2D eigenvalue weighted by Gasteiger charge is -2.06. The Labute approximate surface area is 114 Å². The number of benzene rings is 2. The van der Waals surface area contributed by atoms with Crippen LogP contribution in [0, 0.1) is 0 Å². The molecule has 0 aliphatic carbocycles. The summed E-state index contributed by atoms with van der Waals surface area (Å²) >= 11 is 0. The van der Waals surface area contributed by atoms with E-state index in [-0.39, 0.29) is 17.8 Å². The molecule has 0 atom stereocenters. The zero-order chi connectivity index (χ0) is 14.1. The lowest BCUT2D eigenvalue weighted by molar-refractivity contribution is -0.139. The molecule has 0 bridgehead atoms. The monoisotopic (exact) mass is 268 g/mol. The van der Waals surface area contributed by atoms with Gasteiger partial charge in [0.05, 0.1) is 24.3 Å². The molecule has 0 radical (unpaired) electrons. The van der Waals surface area contributed by atoms with Crippen molar-refractivity contribution in [1.29, 1.82) is 0 Å². The van der Waals surface area contributed by atoms with Gasteiger partial charge < -0.3 is 9.15 Å². The minimum Gasteiger partial charge on any atom is -0.469 e. The molecule has 100 valence electrons. The first kappa shape index (κ1) is 12.4. The fraction of sp³-hybridized carbons (Fsp3) is 0.125. The normalized spacial score (nSPS) is 10.8. The van der Waals surface area contributed by atoms with Gasteiger partial charge in [-0.1, -0.05) is 24.3 Å². The Kier molecular flexibility index (Phi) is 2.99. The van der Waals surface area contributed by atoms with Gasteiger partial charge in [-0.2, -0.15) is 0 Å². The Balaban J connectivity index is 2.35. The van der Waals surface area contributed by atoms with Gasteiger partial charge in [0.15, 0.2) is 0 Å². The molecule has 0 unspecified atom stereocenters. The Bertz CT molecular complexity index is 861. The van der Waals surface area contributed by atoms with Crippen molar-refractivity contribution in [2.45, 2.75) is 6.42 Å². The van der Waals surface area contributed by atoms with Crippen molar-refractivity contribution in [2.75, 3.05) is 7.11 Å². The van der Waals surface area contributed by atoms with Crippen molar-refractivity contribution in [2.24, 2.45) is 0 Å². The van der Waals surface area contributed by atoms with E-state index in [1.165, 1.54) is 7.11 Å². The summed E-state index contributed by atoms with van der Waals surface area (Å²) in [6.45, 7) is 0. The van der Waals surface area contributed by atoms with Gasteiger partial charge in [-0.15, -0.1) is 0 Å². The summed E-state index contributed by atoms with van der Waals surface area (Å²) < 4.78 is 10.4. The van der Waals surface area contributed by atoms with Crippen molar-refractivity contribution < 1.29 is 13.9 Å². The van der Waals surface area contributed by atoms with Crippen LogP contribution in [-0.4, -0.2) is 13.1 Å². The molecule has 3 aromatic rings. The van der Waals surface area contributed by atoms with Gasteiger partial charge in [0.1, 0.15) is 11.2 Å². The Morgan fingerprint density at radius 2 is 1.85 bits per heavy atom. The van der Waals surface area contributed by atoms with E-state index >= 15 is 0 Å². The van der Waals surface area contributed by atoms with Gasteiger partial charge in [0, 0.05) is 0 Å². The number of carbonyl (C=O) groups is 1. The number of hydrogen-bond donors (Lipinski definition) is 0. The van der Waals surface area contributed by atoms with Crippen molar-refractivity contribution in [1.82, 2.24) is 0 Å². The molecule has 0 aliphatic heterocycles. The number of carbonyl (C=O) groups excluding carboxylic acids is 1. The van der Waals surface area contributed by atoms with Gasteiger partial charge in [0.25, 0.3) is 0 Å². The van der Waals surface area contributed by atoms with E-state index in [2.05, 4.69) is 4.74 Å². The maximum Gasteiger partial charge on any atom is 0.310 e. The molecule has 0 aliphatic rings. The van der Waals surface area contributed by atoms with E-state index in [1.807, 2.05) is 6.07 Å². The van der Waals surface area contributed by atoms with Crippen molar-refractivity contribution >= 4 is 27.9 Å². The van der Waals surface area contributed by atoms with Crippen LogP contribution in [0.5, 0.6) is 0 Å². The number of rotatable bonds is 2. The molecule has 0 N–H and O–H groups in total. The van der Waals surface area contributed by atoms with E-state index in [4.69, 9.17) is 4.42 Å². The van der Waals surface area contributed by atoms with E-state index < -0.39 is 0 Å². The van der Waals surface area contributed by atoms with Crippen LogP contribution in [-0.2, 0) is 16.0 Å². The molecule has 1 aromatic heterocycles. The van der Waals surface area contributed by atoms with Crippen molar-refractivity contribution in [3.05, 3.63) is 58.3 Å². The third-order valence-corrected chi connectivity index (χ3v) is 3.25. The fourth-order valence-electron chi connectivity index (χ4n) is 2.29. The summed E-state index contributed by atoms with van der Waals surface area (Å²) in [6, 6.07) is 12.3. The number of hydrogen-bond acceptors (Lipinski definition) is 4. The number of esters is 1. The highest BCUT2D eigenvalue weighted by Crippen LogP contribution is 2.21. The average molecular weight is 268 g/mol. The quantitative estimate of drug-likeness (QED) is 0.529. The molecule has 0 saturated heterocycles. The predicted octanol–water partition coefficient (Wildman–Crippen LogP) is 2.66. The predicted molar refractivity (Wildman–Crippen MR) is 75.7 cm³/mol. The molecule has 4 nitrogen and oxygen atoms in total. The average Bonchev–Trinajstić information content (AvgIpc) is 2.47. The second kappa shape index (κ2) is 4.81. The third kappa shape index (κ3) is 1.95. The molecule has 0 saturated carbocycles. The zero-order valence-electron chi connectivity index (χ0n) is 10.9. The highest BCUT2D eigenvalue weighted by atomic mass is 16.5. The summed E-state index contributed by atoms with van der Waals surface area (Å²) in [6.07, 6.45) is 0.0525. The smallest absolute Gasteiger partial charge is 0.310 e. The first-order valence-corrected chi connectivity index (χ1v) is 6.21. The topological polar surface area (TPSA) is 56.5 Å². The third-order valence-electron chi connectivity index (χ3n) is 3.25. The maximum absolute atomic E-state index is 12.6. The van der Waals surface area contributed by atoms with Gasteiger partial charge in [-0.25, -0.2) is 0 Å². The molecule has 0 fully saturated rings. The van der Waals surface area contributed by atoms with Crippen LogP contribution in [0.15, 0.2) is 51.7 Å². The Hall–Kier alpha value is -2.62. The molecular weight excluding hydrogens is 256 g/mol. The van der Waals surface area contributed by atoms with Gasteiger partial charge in [-0.05, 0) is 23.8 Å². The maximum atomic E-state index is 12.6. The van der Waals surface area contributed by atoms with Crippen LogP contribution in [0.4, 0.5) is 0 Å². The first-order valence-electron chi connectivity index (χ1n) is 6.21. The molecular formula is C16H12O4. The SMILES string of the molecule is COC(=O)Cc1cccc2oc3ccccc3c(=O)c12.